The van der Waals surface area contributed by atoms with E-state index >= 15 is 0 Å². The third-order valence-corrected chi connectivity index (χ3v) is 8.40. The van der Waals surface area contributed by atoms with Gasteiger partial charge >= 0.3 is 6.18 Å². The number of ether oxygens (including phenoxy) is 1. The normalized spacial score (nSPS) is 17.1. The Morgan fingerprint density at radius 2 is 1.77 bits per heavy atom. The number of alkyl halides is 3. The third-order valence-electron chi connectivity index (χ3n) is 7.78. The fourth-order valence-electron chi connectivity index (χ4n) is 5.39. The number of likely N-dealkylation sites (N-methyl/N-ethyl adjacent to an activating group) is 1. The fraction of sp³-hybridized carbons (Fsp3) is 0.448. The third kappa shape index (κ3) is 5.77. The number of anilines is 2. The first-order chi connectivity index (χ1) is 19.3. The van der Waals surface area contributed by atoms with Crippen molar-refractivity contribution in [2.45, 2.75) is 37.9 Å². The monoisotopic (exact) mass is 616 g/mol. The van der Waals surface area contributed by atoms with Gasteiger partial charge in [0.2, 0.25) is 0 Å². The average Bonchev–Trinajstić information content (AvgIpc) is 3.71. The topological polar surface area (TPSA) is 58.5 Å². The second-order valence-corrected chi connectivity index (χ2v) is 11.6. The predicted molar refractivity (Wildman–Crippen MR) is 154 cm³/mol. The van der Waals surface area contributed by atoms with E-state index in [9.17, 15) is 13.2 Å². The summed E-state index contributed by atoms with van der Waals surface area (Å²) < 4.78 is 48.6. The molecule has 1 aliphatic heterocycles. The van der Waals surface area contributed by atoms with E-state index in [2.05, 4.69) is 58.9 Å². The molecule has 0 spiro atoms. The van der Waals surface area contributed by atoms with Crippen molar-refractivity contribution >= 4 is 49.2 Å². The molecule has 2 aliphatic rings. The molecule has 4 aromatic rings. The molecule has 3 heterocycles. The van der Waals surface area contributed by atoms with Crippen molar-refractivity contribution in [2.75, 3.05) is 51.7 Å². The standard InChI is InChI=1S/C29H32BrF3N6O/c1-37-11-13-38(14-12-37)10-2-3-15-40-26-16-22-24(17-23(26)30)39(21-8-9-21)25-18-34-36-28(27(22)25)35-20-6-4-19(5-7-20)29(31,32)33/h4-7,16-18,21H,2-3,8-15H2,1H3,(H,35,36). The van der Waals surface area contributed by atoms with E-state index in [4.69, 9.17) is 4.74 Å². The second kappa shape index (κ2) is 11.2. The number of nitrogens with zero attached hydrogens (tertiary/aromatic N) is 5. The van der Waals surface area contributed by atoms with Crippen molar-refractivity contribution in [3.05, 3.63) is 52.6 Å². The number of hydrogen-bond donors (Lipinski definition) is 1. The van der Waals surface area contributed by atoms with Crippen LogP contribution in [0.2, 0.25) is 0 Å². The first kappa shape index (κ1) is 27.3. The highest BCUT2D eigenvalue weighted by molar-refractivity contribution is 9.10. The number of fused-ring (bicyclic) bond motifs is 3. The van der Waals surface area contributed by atoms with E-state index in [1.807, 2.05) is 6.07 Å². The highest BCUT2D eigenvalue weighted by atomic mass is 79.9. The summed E-state index contributed by atoms with van der Waals surface area (Å²) in [6, 6.07) is 9.48. The molecule has 6 rings (SSSR count). The molecule has 1 aliphatic carbocycles. The fourth-order valence-corrected chi connectivity index (χ4v) is 5.84. The Hall–Kier alpha value is -2.89. The van der Waals surface area contributed by atoms with E-state index in [0.29, 0.717) is 24.2 Å². The summed E-state index contributed by atoms with van der Waals surface area (Å²) in [5, 5.41) is 13.6. The van der Waals surface area contributed by atoms with Gasteiger partial charge < -0.3 is 24.4 Å². The van der Waals surface area contributed by atoms with Crippen LogP contribution in [0.15, 0.2) is 47.1 Å². The molecule has 212 valence electrons. The van der Waals surface area contributed by atoms with Gasteiger partial charge in [0.05, 0.1) is 39.3 Å². The zero-order chi connectivity index (χ0) is 27.9. The van der Waals surface area contributed by atoms with Crippen LogP contribution in [0.1, 0.15) is 37.3 Å². The van der Waals surface area contributed by atoms with Gasteiger partial charge in [0.25, 0.3) is 0 Å². The highest BCUT2D eigenvalue weighted by Crippen LogP contribution is 2.46. The minimum atomic E-state index is -4.38. The summed E-state index contributed by atoms with van der Waals surface area (Å²) in [6.45, 7) is 6.20. The first-order valence-electron chi connectivity index (χ1n) is 13.7. The van der Waals surface area contributed by atoms with Crippen LogP contribution in [0.4, 0.5) is 24.7 Å². The Morgan fingerprint density at radius 3 is 2.48 bits per heavy atom. The Bertz CT molecular complexity index is 1490. The summed E-state index contributed by atoms with van der Waals surface area (Å²) >= 11 is 3.72. The van der Waals surface area contributed by atoms with E-state index in [1.165, 1.54) is 12.1 Å². The van der Waals surface area contributed by atoms with Gasteiger partial charge in [-0.2, -0.15) is 18.3 Å². The van der Waals surface area contributed by atoms with Crippen molar-refractivity contribution in [3.63, 3.8) is 0 Å². The summed E-state index contributed by atoms with van der Waals surface area (Å²) in [5.41, 5.74) is 1.81. The minimum Gasteiger partial charge on any atom is -0.492 e. The average molecular weight is 618 g/mol. The number of piperazine rings is 1. The van der Waals surface area contributed by atoms with Crippen LogP contribution in [0, 0.1) is 0 Å². The van der Waals surface area contributed by atoms with Gasteiger partial charge in [-0.3, -0.25) is 0 Å². The summed E-state index contributed by atoms with van der Waals surface area (Å²) in [5.74, 6) is 1.27. The summed E-state index contributed by atoms with van der Waals surface area (Å²) in [6.07, 6.45) is 1.61. The van der Waals surface area contributed by atoms with Gasteiger partial charge in [-0.25, -0.2) is 0 Å². The Labute approximate surface area is 239 Å². The van der Waals surface area contributed by atoms with Gasteiger partial charge in [-0.15, -0.1) is 5.10 Å². The van der Waals surface area contributed by atoms with E-state index in [1.54, 1.807) is 6.20 Å². The summed E-state index contributed by atoms with van der Waals surface area (Å²) in [7, 11) is 2.17. The quantitative estimate of drug-likeness (QED) is 0.208. The maximum absolute atomic E-state index is 13.0. The lowest BCUT2D eigenvalue weighted by Crippen LogP contribution is -2.44. The molecule has 2 aromatic heterocycles. The number of halogens is 4. The smallest absolute Gasteiger partial charge is 0.416 e. The predicted octanol–water partition coefficient (Wildman–Crippen LogP) is 6.85. The zero-order valence-electron chi connectivity index (χ0n) is 22.3. The number of hydrogen-bond acceptors (Lipinski definition) is 6. The van der Waals surface area contributed by atoms with Crippen molar-refractivity contribution in [1.29, 1.82) is 0 Å². The Kier molecular flexibility index (Phi) is 7.62. The largest absolute Gasteiger partial charge is 0.492 e. The maximum Gasteiger partial charge on any atom is 0.416 e. The van der Waals surface area contributed by atoms with Gasteiger partial charge in [0.1, 0.15) is 5.75 Å². The SMILES string of the molecule is CN1CCN(CCCCOc2cc3c4c(Nc5ccc(C(F)(F)F)cc5)nncc4n(C4CC4)c3cc2Br)CC1. The lowest BCUT2D eigenvalue weighted by molar-refractivity contribution is -0.137. The molecule has 0 amide bonds. The van der Waals surface area contributed by atoms with Crippen LogP contribution in [0.3, 0.4) is 0 Å². The molecule has 0 radical (unpaired) electrons. The zero-order valence-corrected chi connectivity index (χ0v) is 23.9. The van der Waals surface area contributed by atoms with Crippen LogP contribution >= 0.6 is 15.9 Å². The van der Waals surface area contributed by atoms with Crippen molar-refractivity contribution < 1.29 is 17.9 Å². The molecule has 2 aromatic carbocycles. The van der Waals surface area contributed by atoms with E-state index in [-0.39, 0.29) is 0 Å². The lowest BCUT2D eigenvalue weighted by atomic mass is 10.1. The molecule has 40 heavy (non-hydrogen) atoms. The van der Waals surface area contributed by atoms with Crippen LogP contribution in [0.25, 0.3) is 21.8 Å². The summed E-state index contributed by atoms with van der Waals surface area (Å²) in [4.78, 5) is 4.88. The minimum absolute atomic E-state index is 0.386. The Morgan fingerprint density at radius 1 is 1.02 bits per heavy atom. The van der Waals surface area contributed by atoms with Crippen molar-refractivity contribution in [1.82, 2.24) is 24.6 Å². The van der Waals surface area contributed by atoms with Crippen LogP contribution in [-0.4, -0.2) is 70.9 Å². The van der Waals surface area contributed by atoms with Gasteiger partial charge in [0.15, 0.2) is 5.82 Å². The molecule has 0 bridgehead atoms. The van der Waals surface area contributed by atoms with Gasteiger partial charge in [-0.1, -0.05) is 0 Å². The van der Waals surface area contributed by atoms with Crippen LogP contribution in [0.5, 0.6) is 5.75 Å². The first-order valence-corrected chi connectivity index (χ1v) is 14.5. The number of rotatable bonds is 9. The molecule has 2 fully saturated rings. The van der Waals surface area contributed by atoms with E-state index < -0.39 is 11.7 Å². The molecule has 11 heteroatoms. The van der Waals surface area contributed by atoms with Crippen molar-refractivity contribution in [2.24, 2.45) is 0 Å². The number of nitrogens with one attached hydrogen (secondary N) is 1. The molecule has 0 unspecified atom stereocenters. The molecule has 7 nitrogen and oxygen atoms in total. The molecular weight excluding hydrogens is 585 g/mol. The van der Waals surface area contributed by atoms with Crippen LogP contribution in [-0.2, 0) is 6.18 Å². The Balaban J connectivity index is 1.24. The maximum atomic E-state index is 13.0. The second-order valence-electron chi connectivity index (χ2n) is 10.8. The van der Waals surface area contributed by atoms with E-state index in [0.717, 1.165) is 103 Å². The molecular formula is C29H32BrF3N6O. The lowest BCUT2D eigenvalue weighted by Gasteiger charge is -2.32. The molecule has 0 atom stereocenters. The number of aromatic nitrogens is 3. The van der Waals surface area contributed by atoms with Gasteiger partial charge in [-0.05, 0) is 91.6 Å². The number of unbranched alkanes of at least 4 members (excludes halogenated alkanes) is 1. The van der Waals surface area contributed by atoms with Crippen molar-refractivity contribution in [3.8, 4) is 5.75 Å². The number of benzene rings is 2. The molecule has 1 saturated carbocycles. The molecule has 1 saturated heterocycles. The molecule has 1 N–H and O–H groups in total. The highest BCUT2D eigenvalue weighted by Gasteiger charge is 2.31. The van der Waals surface area contributed by atoms with Gasteiger partial charge in [0, 0.05) is 43.3 Å². The van der Waals surface area contributed by atoms with Crippen LogP contribution < -0.4 is 10.1 Å².